The maximum Gasteiger partial charge on any atom is 0.258 e. The van der Waals surface area contributed by atoms with Gasteiger partial charge < -0.3 is 14.6 Å². The molecule has 4 aromatic rings. The second kappa shape index (κ2) is 9.58. The third kappa shape index (κ3) is 3.88. The van der Waals surface area contributed by atoms with Crippen LogP contribution in [0.5, 0.6) is 0 Å². The molecule has 2 N–H and O–H groups in total. The molecular weight excluding hydrogens is 562 g/mol. The van der Waals surface area contributed by atoms with E-state index < -0.39 is 17.1 Å². The van der Waals surface area contributed by atoms with Crippen molar-refractivity contribution in [3.8, 4) is 5.82 Å². The molecule has 4 aromatic heterocycles. The van der Waals surface area contributed by atoms with Gasteiger partial charge in [0, 0.05) is 17.8 Å². The molecule has 0 bridgehead atoms. The van der Waals surface area contributed by atoms with Crippen molar-refractivity contribution in [1.29, 1.82) is 0 Å². The molecule has 8 rings (SSSR count). The van der Waals surface area contributed by atoms with Crippen molar-refractivity contribution >= 4 is 34.9 Å². The molecule has 222 valence electrons. The van der Waals surface area contributed by atoms with Gasteiger partial charge in [0.05, 0.1) is 23.7 Å². The predicted octanol–water partition coefficient (Wildman–Crippen LogP) is 5.05. The number of thioether (sulfide) groups is 1. The number of aliphatic hydroxyl groups is 2. The molecule has 7 atom stereocenters. The maximum atomic E-state index is 13.8. The zero-order valence-corrected chi connectivity index (χ0v) is 25.1. The molecule has 4 heterocycles. The summed E-state index contributed by atoms with van der Waals surface area (Å²) < 4.78 is 7.66. The Kier molecular flexibility index (Phi) is 6.06. The van der Waals surface area contributed by atoms with Gasteiger partial charge in [0.1, 0.15) is 5.60 Å². The van der Waals surface area contributed by atoms with Gasteiger partial charge in [-0.3, -0.25) is 4.79 Å². The summed E-state index contributed by atoms with van der Waals surface area (Å²) in [4.78, 5) is 26.9. The lowest BCUT2D eigenvalue weighted by Gasteiger charge is -2.60. The Balaban J connectivity index is 1.05. The average molecular weight is 598 g/mol. The van der Waals surface area contributed by atoms with Gasteiger partial charge in [-0.25, -0.2) is 14.6 Å². The lowest BCUT2D eigenvalue weighted by atomic mass is 9.45. The van der Waals surface area contributed by atoms with Crippen LogP contribution in [0.3, 0.4) is 0 Å². The van der Waals surface area contributed by atoms with Gasteiger partial charge in [0.15, 0.2) is 22.8 Å². The molecule has 0 spiro atoms. The molecular formula is C33H35N5O4S. The number of hydrogen-bond donors (Lipinski definition) is 2. The first-order valence-corrected chi connectivity index (χ1v) is 16.2. The lowest BCUT2D eigenvalue weighted by Crippen LogP contribution is -2.62. The first kappa shape index (κ1) is 27.2. The number of oxazole rings is 1. The zero-order chi connectivity index (χ0) is 29.6. The van der Waals surface area contributed by atoms with E-state index in [-0.39, 0.29) is 34.7 Å². The van der Waals surface area contributed by atoms with E-state index in [2.05, 4.69) is 28.0 Å². The highest BCUT2D eigenvalue weighted by Gasteiger charge is 2.68. The molecule has 0 saturated heterocycles. The molecule has 9 nitrogen and oxygen atoms in total. The van der Waals surface area contributed by atoms with Crippen LogP contribution in [-0.4, -0.2) is 58.2 Å². The van der Waals surface area contributed by atoms with E-state index in [0.29, 0.717) is 29.3 Å². The van der Waals surface area contributed by atoms with Gasteiger partial charge in [0.25, 0.3) is 5.22 Å². The van der Waals surface area contributed by atoms with E-state index in [4.69, 9.17) is 9.52 Å². The Labute approximate surface area is 253 Å². The van der Waals surface area contributed by atoms with E-state index in [1.807, 2.05) is 36.0 Å². The molecule has 3 saturated carbocycles. The standard InChI is InChI=1S/C33H35N5O4S/c1-31-15-19-17-36-38(27-7-3-4-12-34-27)23(19)14-20(31)8-9-21-22-10-11-33(41,32(22,2)16-24(39)28(21)31)26(40)18-43-30-37-29-25(42-30)6-5-13-35-29/h3-7,12-14,17,21-22,24,28,39,41H,8-11,15-16,18H2,1-2H3/t21?,22?,24?,28?,31?,32?,33-/m0/s1. The van der Waals surface area contributed by atoms with Gasteiger partial charge in [-0.05, 0) is 97.6 Å². The van der Waals surface area contributed by atoms with E-state index in [1.54, 1.807) is 24.5 Å². The Bertz CT molecular complexity index is 1740. The van der Waals surface area contributed by atoms with E-state index in [1.165, 1.54) is 22.9 Å². The van der Waals surface area contributed by atoms with Crippen molar-refractivity contribution in [1.82, 2.24) is 24.7 Å². The lowest BCUT2D eigenvalue weighted by molar-refractivity contribution is -0.177. The molecule has 0 aromatic carbocycles. The van der Waals surface area contributed by atoms with Gasteiger partial charge >= 0.3 is 0 Å². The molecule has 43 heavy (non-hydrogen) atoms. The van der Waals surface area contributed by atoms with Gasteiger partial charge in [-0.15, -0.1) is 0 Å². The van der Waals surface area contributed by atoms with Gasteiger partial charge in [-0.1, -0.05) is 37.2 Å². The predicted molar refractivity (Wildman–Crippen MR) is 161 cm³/mol. The number of pyridine rings is 2. The normalized spacial score (nSPS) is 34.7. The molecule has 6 unspecified atom stereocenters. The molecule has 4 aliphatic carbocycles. The van der Waals surface area contributed by atoms with Crippen LogP contribution in [0.15, 0.2) is 64.1 Å². The quantitative estimate of drug-likeness (QED) is 0.304. The Morgan fingerprint density at radius 2 is 2.02 bits per heavy atom. The summed E-state index contributed by atoms with van der Waals surface area (Å²) in [7, 11) is 0. The number of Topliss-reactive ketones (excluding diaryl/α,β-unsaturated/α-hetero) is 1. The van der Waals surface area contributed by atoms with Gasteiger partial charge in [0.2, 0.25) is 0 Å². The van der Waals surface area contributed by atoms with Crippen LogP contribution in [0.1, 0.15) is 57.2 Å². The van der Waals surface area contributed by atoms with Crippen molar-refractivity contribution in [2.24, 2.45) is 28.6 Å². The van der Waals surface area contributed by atoms with Crippen LogP contribution in [0.4, 0.5) is 0 Å². The molecule has 4 aliphatic rings. The number of hydrogen-bond acceptors (Lipinski definition) is 9. The van der Waals surface area contributed by atoms with Crippen LogP contribution < -0.4 is 0 Å². The first-order chi connectivity index (χ1) is 20.7. The van der Waals surface area contributed by atoms with Crippen molar-refractivity contribution in [2.45, 2.75) is 69.3 Å². The second-order valence-corrected chi connectivity index (χ2v) is 14.3. The minimum absolute atomic E-state index is 0.0519. The number of nitrogens with zero attached hydrogens (tertiary/aromatic N) is 5. The number of aliphatic hydroxyl groups excluding tert-OH is 1. The van der Waals surface area contributed by atoms with Crippen molar-refractivity contribution in [3.05, 3.63) is 65.8 Å². The Morgan fingerprint density at radius 3 is 2.84 bits per heavy atom. The van der Waals surface area contributed by atoms with Gasteiger partial charge in [-0.2, -0.15) is 10.1 Å². The van der Waals surface area contributed by atoms with E-state index in [0.717, 1.165) is 37.2 Å². The Morgan fingerprint density at radius 1 is 1.16 bits per heavy atom. The SMILES string of the molecule is CC12Cc3cnn(-c4ccccn4)c3C=C1CCC1C2C(O)CC2(C)C1CC[C@]2(O)C(=O)CSc1nc2ncccc2o1. The number of fused-ring (bicyclic) bond motifs is 7. The average Bonchev–Trinajstić information content (AvgIpc) is 3.68. The summed E-state index contributed by atoms with van der Waals surface area (Å²) in [6.45, 7) is 4.35. The van der Waals surface area contributed by atoms with Crippen LogP contribution >= 0.6 is 11.8 Å². The fourth-order valence-corrected chi connectivity index (χ4v) is 10.2. The zero-order valence-electron chi connectivity index (χ0n) is 24.3. The monoisotopic (exact) mass is 597 g/mol. The number of ketones is 1. The van der Waals surface area contributed by atoms with Crippen molar-refractivity contribution in [2.75, 3.05) is 5.75 Å². The fraction of sp³-hybridized carbons (Fsp3) is 0.485. The Hall–Kier alpha value is -3.34. The summed E-state index contributed by atoms with van der Waals surface area (Å²) in [5.74, 6) is 1.08. The minimum atomic E-state index is -1.50. The number of carbonyl (C=O) groups excluding carboxylic acids is 1. The minimum Gasteiger partial charge on any atom is -0.430 e. The van der Waals surface area contributed by atoms with E-state index in [9.17, 15) is 15.0 Å². The highest BCUT2D eigenvalue weighted by Crippen LogP contribution is 2.67. The molecule has 10 heteroatoms. The third-order valence-electron chi connectivity index (χ3n) is 11.4. The molecule has 0 amide bonds. The maximum absolute atomic E-state index is 13.8. The summed E-state index contributed by atoms with van der Waals surface area (Å²) in [5.41, 5.74) is 2.27. The third-order valence-corrected chi connectivity index (χ3v) is 12.2. The van der Waals surface area contributed by atoms with Crippen LogP contribution in [0.2, 0.25) is 0 Å². The van der Waals surface area contributed by atoms with Crippen molar-refractivity contribution in [3.63, 3.8) is 0 Å². The van der Waals surface area contributed by atoms with Crippen LogP contribution in [0, 0.1) is 28.6 Å². The topological polar surface area (TPSA) is 127 Å². The highest BCUT2D eigenvalue weighted by molar-refractivity contribution is 7.99. The fourth-order valence-electron chi connectivity index (χ4n) is 9.37. The van der Waals surface area contributed by atoms with E-state index >= 15 is 0 Å². The summed E-state index contributed by atoms with van der Waals surface area (Å²) >= 11 is 1.20. The highest BCUT2D eigenvalue weighted by atomic mass is 32.2. The molecule has 0 aliphatic heterocycles. The van der Waals surface area contributed by atoms with Crippen molar-refractivity contribution < 1.29 is 19.4 Å². The molecule has 3 fully saturated rings. The number of carbonyl (C=O) groups is 1. The summed E-state index contributed by atoms with van der Waals surface area (Å²) in [6, 6.07) is 9.41. The molecule has 0 radical (unpaired) electrons. The second-order valence-electron chi connectivity index (χ2n) is 13.4. The smallest absolute Gasteiger partial charge is 0.258 e. The number of rotatable bonds is 5. The summed E-state index contributed by atoms with van der Waals surface area (Å²) in [6.07, 6.45) is 11.3. The first-order valence-electron chi connectivity index (χ1n) is 15.2. The largest absolute Gasteiger partial charge is 0.430 e. The van der Waals surface area contributed by atoms with Crippen LogP contribution in [-0.2, 0) is 11.2 Å². The number of allylic oxidation sites excluding steroid dienone is 1. The number of aromatic nitrogens is 5. The van der Waals surface area contributed by atoms with Crippen LogP contribution in [0.25, 0.3) is 23.1 Å². The summed E-state index contributed by atoms with van der Waals surface area (Å²) in [5, 5.41) is 29.1.